The van der Waals surface area contributed by atoms with E-state index in [0.29, 0.717) is 48.2 Å². The molecule has 0 bridgehead atoms. The summed E-state index contributed by atoms with van der Waals surface area (Å²) in [4.78, 5) is 34.9. The van der Waals surface area contributed by atoms with Gasteiger partial charge < -0.3 is 15.2 Å². The molecule has 4 rings (SSSR count). The van der Waals surface area contributed by atoms with Crippen LogP contribution < -0.4 is 5.32 Å². The topological polar surface area (TPSA) is 115 Å². The summed E-state index contributed by atoms with van der Waals surface area (Å²) < 4.78 is 28.7. The van der Waals surface area contributed by atoms with E-state index in [1.54, 1.807) is 30.9 Å². The van der Waals surface area contributed by atoms with Crippen molar-refractivity contribution in [3.63, 3.8) is 0 Å². The number of carbonyl (C=O) groups excluding carboxylic acids is 2. The van der Waals surface area contributed by atoms with Gasteiger partial charge in [0.1, 0.15) is 10.7 Å². The van der Waals surface area contributed by atoms with E-state index >= 15 is 0 Å². The maximum absolute atomic E-state index is 13.6. The molecule has 2 saturated heterocycles. The van der Waals surface area contributed by atoms with Gasteiger partial charge in [0.15, 0.2) is 0 Å². The molecule has 0 aromatic carbocycles. The summed E-state index contributed by atoms with van der Waals surface area (Å²) >= 11 is 5.83. The van der Waals surface area contributed by atoms with Crippen molar-refractivity contribution < 1.29 is 18.0 Å². The standard InChI is InChI=1S/C23H30ClN5O4S/c1-15-20(23(31)28-10-4-3-5-11-28)21(16(2)26-15)34(32,33)29-12-8-17(9-13-29)22(30)27-19-7-6-18(24)14-25-19/h6-7,14,17,26H,3-5,8-13H2,1-2H3,(H,25,27,30). The Balaban J connectivity index is 1.48. The molecule has 2 N–H and O–H groups in total. The molecule has 2 fully saturated rings. The summed E-state index contributed by atoms with van der Waals surface area (Å²) in [6.45, 7) is 5.12. The summed E-state index contributed by atoms with van der Waals surface area (Å²) in [7, 11) is -3.90. The molecule has 2 aliphatic heterocycles. The Labute approximate surface area is 204 Å². The number of amides is 2. The molecule has 0 spiro atoms. The minimum Gasteiger partial charge on any atom is -0.361 e. The Morgan fingerprint density at radius 2 is 1.74 bits per heavy atom. The molecule has 2 amide bonds. The number of nitrogens with one attached hydrogen (secondary N) is 2. The van der Waals surface area contributed by atoms with Crippen molar-refractivity contribution in [1.29, 1.82) is 0 Å². The number of aromatic amines is 1. The Morgan fingerprint density at radius 3 is 2.35 bits per heavy atom. The third kappa shape index (κ3) is 4.99. The molecule has 0 radical (unpaired) electrons. The number of rotatable bonds is 5. The lowest BCUT2D eigenvalue weighted by atomic mass is 9.97. The van der Waals surface area contributed by atoms with E-state index in [-0.39, 0.29) is 41.3 Å². The lowest BCUT2D eigenvalue weighted by Gasteiger charge is -2.31. The highest BCUT2D eigenvalue weighted by Crippen LogP contribution is 2.31. The van der Waals surface area contributed by atoms with Crippen molar-refractivity contribution >= 4 is 39.3 Å². The first-order valence-corrected chi connectivity index (χ1v) is 13.4. The smallest absolute Gasteiger partial charge is 0.257 e. The number of anilines is 1. The largest absolute Gasteiger partial charge is 0.361 e. The highest BCUT2D eigenvalue weighted by Gasteiger charge is 2.38. The number of piperidine rings is 2. The zero-order valence-corrected chi connectivity index (χ0v) is 21.0. The first-order chi connectivity index (χ1) is 16.2. The van der Waals surface area contributed by atoms with Crippen LogP contribution in [0.15, 0.2) is 23.2 Å². The predicted octanol–water partition coefficient (Wildman–Crippen LogP) is 3.35. The van der Waals surface area contributed by atoms with E-state index in [1.807, 2.05) is 0 Å². The number of H-pyrrole nitrogens is 1. The summed E-state index contributed by atoms with van der Waals surface area (Å²) in [5.41, 5.74) is 1.27. The second-order valence-corrected chi connectivity index (χ2v) is 11.3. The number of halogens is 1. The molecule has 2 aromatic rings. The van der Waals surface area contributed by atoms with Crippen molar-refractivity contribution in [2.24, 2.45) is 5.92 Å². The monoisotopic (exact) mass is 507 g/mol. The molecule has 0 aliphatic carbocycles. The molecule has 2 aromatic heterocycles. The number of pyridine rings is 1. The molecular weight excluding hydrogens is 478 g/mol. The van der Waals surface area contributed by atoms with Gasteiger partial charge in [-0.2, -0.15) is 4.31 Å². The Morgan fingerprint density at radius 1 is 1.06 bits per heavy atom. The van der Waals surface area contributed by atoms with Crippen molar-refractivity contribution in [2.45, 2.75) is 50.8 Å². The highest BCUT2D eigenvalue weighted by atomic mass is 35.5. The van der Waals surface area contributed by atoms with Crippen LogP contribution in [0.4, 0.5) is 5.82 Å². The molecular formula is C23H30ClN5O4S. The minimum absolute atomic E-state index is 0.0637. The van der Waals surface area contributed by atoms with Gasteiger partial charge in [0.25, 0.3) is 5.91 Å². The van der Waals surface area contributed by atoms with Gasteiger partial charge in [-0.1, -0.05) is 11.6 Å². The van der Waals surface area contributed by atoms with Gasteiger partial charge in [-0.05, 0) is 58.1 Å². The Kier molecular flexibility index (Phi) is 7.30. The van der Waals surface area contributed by atoms with Crippen molar-refractivity contribution in [2.75, 3.05) is 31.5 Å². The molecule has 11 heteroatoms. The third-order valence-electron chi connectivity index (χ3n) is 6.58. The fourth-order valence-electron chi connectivity index (χ4n) is 4.76. The lowest BCUT2D eigenvalue weighted by molar-refractivity contribution is -0.120. The molecule has 184 valence electrons. The number of likely N-dealkylation sites (tertiary alicyclic amines) is 1. The van der Waals surface area contributed by atoms with Crippen LogP contribution in [-0.2, 0) is 14.8 Å². The molecule has 0 unspecified atom stereocenters. The zero-order chi connectivity index (χ0) is 24.5. The number of nitrogens with zero attached hydrogens (tertiary/aromatic N) is 3. The number of hydrogen-bond acceptors (Lipinski definition) is 5. The summed E-state index contributed by atoms with van der Waals surface area (Å²) in [6, 6.07) is 3.26. The van der Waals surface area contributed by atoms with Crippen LogP contribution in [-0.4, -0.2) is 65.6 Å². The maximum atomic E-state index is 13.6. The van der Waals surface area contributed by atoms with Crippen LogP contribution in [0.3, 0.4) is 0 Å². The fourth-order valence-corrected chi connectivity index (χ4v) is 6.76. The number of carbonyl (C=O) groups is 2. The molecule has 2 aliphatic rings. The second kappa shape index (κ2) is 10.1. The molecule has 0 saturated carbocycles. The van der Waals surface area contributed by atoms with Crippen LogP contribution >= 0.6 is 11.6 Å². The summed E-state index contributed by atoms with van der Waals surface area (Å²) in [5.74, 6) is -0.345. The third-order valence-corrected chi connectivity index (χ3v) is 8.87. The van der Waals surface area contributed by atoms with Crippen LogP contribution in [0.1, 0.15) is 53.8 Å². The SMILES string of the molecule is Cc1[nH]c(C)c(S(=O)(=O)N2CCC(C(=O)Nc3ccc(Cl)cn3)CC2)c1C(=O)N1CCCCC1. The van der Waals surface area contributed by atoms with Crippen molar-refractivity contribution in [1.82, 2.24) is 19.2 Å². The Hall–Kier alpha value is -2.43. The molecule has 4 heterocycles. The average molecular weight is 508 g/mol. The van der Waals surface area contributed by atoms with E-state index in [4.69, 9.17) is 11.6 Å². The van der Waals surface area contributed by atoms with Gasteiger partial charge in [0.2, 0.25) is 15.9 Å². The molecule has 9 nitrogen and oxygen atoms in total. The first-order valence-electron chi connectivity index (χ1n) is 11.6. The number of sulfonamides is 1. The van der Waals surface area contributed by atoms with E-state index in [9.17, 15) is 18.0 Å². The summed E-state index contributed by atoms with van der Waals surface area (Å²) in [6.07, 6.45) is 5.16. The van der Waals surface area contributed by atoms with Gasteiger partial charge in [-0.25, -0.2) is 13.4 Å². The Bertz CT molecular complexity index is 1160. The normalized spacial score (nSPS) is 18.1. The first kappa shape index (κ1) is 24.7. The van der Waals surface area contributed by atoms with Crippen LogP contribution in [0.5, 0.6) is 0 Å². The molecule has 0 atom stereocenters. The van der Waals surface area contributed by atoms with Gasteiger partial charge in [-0.3, -0.25) is 9.59 Å². The second-order valence-electron chi connectivity index (χ2n) is 8.96. The lowest BCUT2D eigenvalue weighted by Crippen LogP contribution is -2.42. The van der Waals surface area contributed by atoms with Gasteiger partial charge in [-0.15, -0.1) is 0 Å². The van der Waals surface area contributed by atoms with Crippen molar-refractivity contribution in [3.05, 3.63) is 40.3 Å². The molecule has 34 heavy (non-hydrogen) atoms. The van der Waals surface area contributed by atoms with Crippen molar-refractivity contribution in [3.8, 4) is 0 Å². The van der Waals surface area contributed by atoms with Gasteiger partial charge >= 0.3 is 0 Å². The maximum Gasteiger partial charge on any atom is 0.257 e. The number of aryl methyl sites for hydroxylation is 2. The van der Waals surface area contributed by atoms with E-state index in [1.165, 1.54) is 10.5 Å². The van der Waals surface area contributed by atoms with Gasteiger partial charge in [0.05, 0.1) is 10.6 Å². The summed E-state index contributed by atoms with van der Waals surface area (Å²) in [5, 5.41) is 3.24. The fraction of sp³-hybridized carbons (Fsp3) is 0.522. The van der Waals surface area contributed by atoms with E-state index < -0.39 is 10.0 Å². The van der Waals surface area contributed by atoms with E-state index in [2.05, 4.69) is 15.3 Å². The van der Waals surface area contributed by atoms with Crippen LogP contribution in [0.25, 0.3) is 0 Å². The zero-order valence-electron chi connectivity index (χ0n) is 19.4. The van der Waals surface area contributed by atoms with Gasteiger partial charge in [0, 0.05) is 49.7 Å². The number of hydrogen-bond donors (Lipinski definition) is 2. The minimum atomic E-state index is -3.90. The highest BCUT2D eigenvalue weighted by molar-refractivity contribution is 7.89. The van der Waals surface area contributed by atoms with Crippen LogP contribution in [0, 0.1) is 19.8 Å². The van der Waals surface area contributed by atoms with E-state index in [0.717, 1.165) is 19.3 Å². The number of aromatic nitrogens is 2. The quantitative estimate of drug-likeness (QED) is 0.644. The average Bonchev–Trinajstić information content (AvgIpc) is 3.14. The van der Waals surface area contributed by atoms with Crippen LogP contribution in [0.2, 0.25) is 5.02 Å². The predicted molar refractivity (Wildman–Crippen MR) is 129 cm³/mol.